The average Bonchev–Trinajstić information content (AvgIpc) is 3.14. The first kappa shape index (κ1) is 23.1. The molecule has 1 aromatic heterocycles. The number of aryl methyl sites for hydroxylation is 1. The van der Waals surface area contributed by atoms with Crippen LogP contribution >= 0.6 is 23.1 Å². The van der Waals surface area contributed by atoms with Crippen LogP contribution in [0, 0.1) is 5.82 Å². The van der Waals surface area contributed by atoms with Crippen molar-refractivity contribution < 1.29 is 22.3 Å². The number of thioether (sulfide) groups is 1. The number of carbonyl (C=O) groups is 1. The number of hydrogen-bond donors (Lipinski definition) is 0. The summed E-state index contributed by atoms with van der Waals surface area (Å²) in [6.07, 6.45) is 1.99. The van der Waals surface area contributed by atoms with Crippen molar-refractivity contribution in [2.75, 3.05) is 38.3 Å². The number of carbonyl (C=O) groups excluding carboxylic acids is 1. The van der Waals surface area contributed by atoms with E-state index >= 15 is 0 Å². The van der Waals surface area contributed by atoms with Gasteiger partial charge in [0.25, 0.3) is 5.91 Å². The molecule has 1 aliphatic rings. The molecule has 0 radical (unpaired) electrons. The molecule has 7 nitrogen and oxygen atoms in total. The summed E-state index contributed by atoms with van der Waals surface area (Å²) in [5.74, 6) is -0.00505. The average molecular weight is 496 g/mol. The van der Waals surface area contributed by atoms with E-state index in [1.54, 1.807) is 17.8 Å². The maximum absolute atomic E-state index is 13.7. The van der Waals surface area contributed by atoms with E-state index in [1.807, 2.05) is 10.8 Å². The van der Waals surface area contributed by atoms with Gasteiger partial charge in [0.05, 0.1) is 28.3 Å². The third-order valence-electron chi connectivity index (χ3n) is 5.07. The number of ether oxygens (including phenoxy) is 1. The van der Waals surface area contributed by atoms with E-state index in [0.29, 0.717) is 42.3 Å². The van der Waals surface area contributed by atoms with Gasteiger partial charge in [0, 0.05) is 31.0 Å². The molecule has 1 amide bonds. The smallest absolute Gasteiger partial charge is 0.279 e. The minimum Gasteiger partial charge on any atom is -0.379 e. The van der Waals surface area contributed by atoms with Crippen molar-refractivity contribution in [3.63, 3.8) is 0 Å². The van der Waals surface area contributed by atoms with Gasteiger partial charge < -0.3 is 9.30 Å². The number of hydrogen-bond acceptors (Lipinski definition) is 6. The van der Waals surface area contributed by atoms with Crippen LogP contribution in [0.25, 0.3) is 10.2 Å². The Kier molecular flexibility index (Phi) is 7.11. The molecule has 1 fully saturated rings. The SMILES string of the molecule is CSCCn1c(=NC(=O)c2ccc(S(=O)(=O)N3CCOCC3)cc2)sc2cc(F)ccc21. The molecule has 3 aromatic rings. The number of aromatic nitrogens is 1. The van der Waals surface area contributed by atoms with E-state index in [-0.39, 0.29) is 16.3 Å². The first-order valence-corrected chi connectivity index (χ1v) is 13.6. The van der Waals surface area contributed by atoms with E-state index in [2.05, 4.69) is 4.99 Å². The van der Waals surface area contributed by atoms with Crippen LogP contribution in [0.3, 0.4) is 0 Å². The second kappa shape index (κ2) is 9.84. The molecule has 1 saturated heterocycles. The van der Waals surface area contributed by atoms with Crippen molar-refractivity contribution in [3.05, 3.63) is 58.6 Å². The van der Waals surface area contributed by atoms with Crippen LogP contribution in [0.4, 0.5) is 4.39 Å². The quantitative estimate of drug-likeness (QED) is 0.525. The summed E-state index contributed by atoms with van der Waals surface area (Å²) in [6.45, 7) is 1.98. The first-order valence-electron chi connectivity index (χ1n) is 9.95. The molecular weight excluding hydrogens is 473 g/mol. The first-order chi connectivity index (χ1) is 15.4. The topological polar surface area (TPSA) is 81.0 Å². The summed E-state index contributed by atoms with van der Waals surface area (Å²) in [7, 11) is -3.63. The lowest BCUT2D eigenvalue weighted by Crippen LogP contribution is -2.40. The molecule has 2 heterocycles. The highest BCUT2D eigenvalue weighted by Crippen LogP contribution is 2.20. The Morgan fingerprint density at radius 3 is 2.59 bits per heavy atom. The lowest BCUT2D eigenvalue weighted by Gasteiger charge is -2.26. The molecular formula is C21H22FN3O4S3. The third-order valence-corrected chi connectivity index (χ3v) is 8.61. The Hall–Kier alpha value is -2.05. The van der Waals surface area contributed by atoms with E-state index < -0.39 is 15.9 Å². The van der Waals surface area contributed by atoms with Gasteiger partial charge in [0.15, 0.2) is 4.80 Å². The van der Waals surface area contributed by atoms with E-state index in [0.717, 1.165) is 11.3 Å². The van der Waals surface area contributed by atoms with Crippen molar-refractivity contribution >= 4 is 49.2 Å². The van der Waals surface area contributed by atoms with Gasteiger partial charge in [-0.25, -0.2) is 12.8 Å². The molecule has 0 spiro atoms. The van der Waals surface area contributed by atoms with Gasteiger partial charge in [-0.05, 0) is 48.7 Å². The van der Waals surface area contributed by atoms with Gasteiger partial charge in [-0.2, -0.15) is 21.1 Å². The standard InChI is InChI=1S/C21H22FN3O4S3/c1-30-13-10-25-18-7-4-16(22)14-19(18)31-21(25)23-20(26)15-2-5-17(6-3-15)32(27,28)24-8-11-29-12-9-24/h2-7,14H,8-13H2,1H3. The van der Waals surface area contributed by atoms with Gasteiger partial charge in [-0.1, -0.05) is 11.3 Å². The van der Waals surface area contributed by atoms with Crippen molar-refractivity contribution in [1.29, 1.82) is 0 Å². The van der Waals surface area contributed by atoms with Crippen LogP contribution in [-0.2, 0) is 21.3 Å². The molecule has 0 N–H and O–H groups in total. The van der Waals surface area contributed by atoms with Crippen LogP contribution in [0.5, 0.6) is 0 Å². The second-order valence-corrected chi connectivity index (χ2v) is 11.0. The second-order valence-electron chi connectivity index (χ2n) is 7.10. The fraction of sp³-hybridized carbons (Fsp3) is 0.333. The highest BCUT2D eigenvalue weighted by molar-refractivity contribution is 7.98. The van der Waals surface area contributed by atoms with Gasteiger partial charge in [0.2, 0.25) is 10.0 Å². The maximum atomic E-state index is 13.7. The number of rotatable bonds is 6. The number of benzene rings is 2. The Morgan fingerprint density at radius 2 is 1.91 bits per heavy atom. The predicted molar refractivity (Wildman–Crippen MR) is 124 cm³/mol. The molecule has 32 heavy (non-hydrogen) atoms. The molecule has 170 valence electrons. The highest BCUT2D eigenvalue weighted by atomic mass is 32.2. The van der Waals surface area contributed by atoms with Gasteiger partial charge in [-0.15, -0.1) is 0 Å². The number of fused-ring (bicyclic) bond motifs is 1. The fourth-order valence-electron chi connectivity index (χ4n) is 3.39. The van der Waals surface area contributed by atoms with Crippen LogP contribution in [0.1, 0.15) is 10.4 Å². The van der Waals surface area contributed by atoms with Crippen LogP contribution < -0.4 is 4.80 Å². The van der Waals surface area contributed by atoms with Crippen LogP contribution in [0.15, 0.2) is 52.4 Å². The number of morpholine rings is 1. The number of sulfonamides is 1. The highest BCUT2D eigenvalue weighted by Gasteiger charge is 2.26. The molecule has 2 aromatic carbocycles. The Balaban J connectivity index is 1.64. The molecule has 0 bridgehead atoms. The van der Waals surface area contributed by atoms with Gasteiger partial charge >= 0.3 is 0 Å². The van der Waals surface area contributed by atoms with Crippen LogP contribution in [0.2, 0.25) is 0 Å². The van der Waals surface area contributed by atoms with Crippen molar-refractivity contribution in [2.45, 2.75) is 11.4 Å². The summed E-state index contributed by atoms with van der Waals surface area (Å²) >= 11 is 2.92. The van der Waals surface area contributed by atoms with E-state index in [4.69, 9.17) is 4.74 Å². The Bertz CT molecular complexity index is 1290. The minimum atomic E-state index is -3.63. The molecule has 0 saturated carbocycles. The third kappa shape index (κ3) is 4.81. The molecule has 4 rings (SSSR count). The zero-order chi connectivity index (χ0) is 22.7. The summed E-state index contributed by atoms with van der Waals surface area (Å²) < 4.78 is 48.4. The number of thiazole rings is 1. The fourth-order valence-corrected chi connectivity index (χ4v) is 6.24. The van der Waals surface area contributed by atoms with Crippen molar-refractivity contribution in [3.8, 4) is 0 Å². The maximum Gasteiger partial charge on any atom is 0.279 e. The van der Waals surface area contributed by atoms with Gasteiger partial charge in [0.1, 0.15) is 5.82 Å². The molecule has 11 heteroatoms. The Morgan fingerprint density at radius 1 is 1.19 bits per heavy atom. The number of nitrogens with zero attached hydrogens (tertiary/aromatic N) is 3. The van der Waals surface area contributed by atoms with E-state index in [9.17, 15) is 17.6 Å². The number of amides is 1. The zero-order valence-electron chi connectivity index (χ0n) is 17.4. The van der Waals surface area contributed by atoms with Crippen molar-refractivity contribution in [1.82, 2.24) is 8.87 Å². The van der Waals surface area contributed by atoms with E-state index in [1.165, 1.54) is 52.0 Å². The molecule has 0 unspecified atom stereocenters. The van der Waals surface area contributed by atoms with Crippen LogP contribution in [-0.4, -0.2) is 61.5 Å². The lowest BCUT2D eigenvalue weighted by atomic mass is 10.2. The normalized spacial score (nSPS) is 16.0. The predicted octanol–water partition coefficient (Wildman–Crippen LogP) is 2.97. The summed E-state index contributed by atoms with van der Waals surface area (Å²) in [5.41, 5.74) is 1.11. The molecule has 0 atom stereocenters. The monoisotopic (exact) mass is 495 g/mol. The zero-order valence-corrected chi connectivity index (χ0v) is 19.8. The summed E-state index contributed by atoms with van der Waals surface area (Å²) in [6, 6.07) is 10.3. The minimum absolute atomic E-state index is 0.128. The lowest BCUT2D eigenvalue weighted by molar-refractivity contribution is 0.0730. The molecule has 1 aliphatic heterocycles. The largest absolute Gasteiger partial charge is 0.379 e. The number of halogens is 1. The Labute approximate surface area is 193 Å². The summed E-state index contributed by atoms with van der Waals surface area (Å²) in [5, 5.41) is 0. The van der Waals surface area contributed by atoms with Crippen molar-refractivity contribution in [2.24, 2.45) is 4.99 Å². The van der Waals surface area contributed by atoms with Gasteiger partial charge in [-0.3, -0.25) is 4.79 Å². The summed E-state index contributed by atoms with van der Waals surface area (Å²) in [4.78, 5) is 17.7. The molecule has 0 aliphatic carbocycles.